The van der Waals surface area contributed by atoms with E-state index in [-0.39, 0.29) is 17.7 Å². The third kappa shape index (κ3) is 4.64. The predicted molar refractivity (Wildman–Crippen MR) is 109 cm³/mol. The maximum absolute atomic E-state index is 12.7. The second kappa shape index (κ2) is 8.96. The quantitative estimate of drug-likeness (QED) is 0.728. The second-order valence-corrected chi connectivity index (χ2v) is 7.31. The van der Waals surface area contributed by atoms with E-state index < -0.39 is 0 Å². The number of hydrogen-bond acceptors (Lipinski definition) is 3. The van der Waals surface area contributed by atoms with Crippen LogP contribution in [-0.4, -0.2) is 42.3 Å². The lowest BCUT2D eigenvalue weighted by Crippen LogP contribution is -2.53. The fraction of sp³-hybridized carbons (Fsp3) is 0.391. The van der Waals surface area contributed by atoms with E-state index in [0.717, 1.165) is 30.8 Å². The van der Waals surface area contributed by atoms with Gasteiger partial charge in [0.15, 0.2) is 5.78 Å². The van der Waals surface area contributed by atoms with Gasteiger partial charge in [-0.3, -0.25) is 14.5 Å². The van der Waals surface area contributed by atoms with Crippen LogP contribution in [0.5, 0.6) is 0 Å². The molecule has 0 N–H and O–H groups in total. The Morgan fingerprint density at radius 3 is 2.26 bits per heavy atom. The zero-order valence-corrected chi connectivity index (χ0v) is 16.2. The molecule has 2 unspecified atom stereocenters. The van der Waals surface area contributed by atoms with E-state index in [0.29, 0.717) is 18.9 Å². The highest BCUT2D eigenvalue weighted by atomic mass is 16.1. The predicted octanol–water partition coefficient (Wildman–Crippen LogP) is 4.02. The summed E-state index contributed by atoms with van der Waals surface area (Å²) in [7, 11) is 0. The number of likely N-dealkylation sites (tertiary alicyclic amines) is 1. The van der Waals surface area contributed by atoms with Gasteiger partial charge in [0.1, 0.15) is 0 Å². The second-order valence-electron chi connectivity index (χ2n) is 7.31. The fourth-order valence-corrected chi connectivity index (χ4v) is 3.94. The number of carbonyl (C=O) groups is 2. The van der Waals surface area contributed by atoms with Crippen LogP contribution in [-0.2, 0) is 4.79 Å². The number of Topliss-reactive ketones (excluding diaryl/α,β-unsaturated/α-hetero) is 1. The number of para-hydroxylation sites is 1. The van der Waals surface area contributed by atoms with Crippen LogP contribution < -0.4 is 4.90 Å². The fourth-order valence-electron chi connectivity index (χ4n) is 3.94. The average molecular weight is 363 g/mol. The summed E-state index contributed by atoms with van der Waals surface area (Å²) in [6.07, 6.45) is 1.37. The summed E-state index contributed by atoms with van der Waals surface area (Å²) in [4.78, 5) is 29.4. The maximum Gasteiger partial charge on any atom is 0.226 e. The van der Waals surface area contributed by atoms with Gasteiger partial charge in [0.25, 0.3) is 0 Å². The van der Waals surface area contributed by atoms with E-state index in [9.17, 15) is 9.59 Å². The topological polar surface area (TPSA) is 40.6 Å². The SMILES string of the molecule is CC[11C](=O)N(c1ccccc1)C1CCN(CC(=O)c2ccccc2)CC1C. The molecule has 1 aliphatic rings. The van der Waals surface area contributed by atoms with E-state index in [2.05, 4.69) is 11.8 Å². The third-order valence-electron chi connectivity index (χ3n) is 5.34. The number of piperidine rings is 1. The molecule has 1 heterocycles. The molecule has 1 aliphatic heterocycles. The molecular weight excluding hydrogens is 335 g/mol. The van der Waals surface area contributed by atoms with Gasteiger partial charge in [-0.05, 0) is 24.5 Å². The molecule has 0 spiro atoms. The number of ketones is 1. The van der Waals surface area contributed by atoms with Crippen LogP contribution in [0.3, 0.4) is 0 Å². The first kappa shape index (κ1) is 19.3. The van der Waals surface area contributed by atoms with Crippen molar-refractivity contribution in [1.82, 2.24) is 4.90 Å². The van der Waals surface area contributed by atoms with Crippen molar-refractivity contribution in [2.45, 2.75) is 32.7 Å². The van der Waals surface area contributed by atoms with Crippen LogP contribution in [0.4, 0.5) is 5.69 Å². The van der Waals surface area contributed by atoms with E-state index in [1.54, 1.807) is 0 Å². The molecule has 1 saturated heterocycles. The molecule has 4 heteroatoms. The Balaban J connectivity index is 1.68. The summed E-state index contributed by atoms with van der Waals surface area (Å²) in [5.74, 6) is 0.621. The number of rotatable bonds is 6. The molecule has 27 heavy (non-hydrogen) atoms. The third-order valence-corrected chi connectivity index (χ3v) is 5.34. The van der Waals surface area contributed by atoms with Crippen molar-refractivity contribution < 1.29 is 9.59 Å². The lowest BCUT2D eigenvalue weighted by Gasteiger charge is -2.42. The summed E-state index contributed by atoms with van der Waals surface area (Å²) in [5.41, 5.74) is 1.73. The summed E-state index contributed by atoms with van der Waals surface area (Å²) in [5, 5.41) is 0. The van der Waals surface area contributed by atoms with Crippen molar-refractivity contribution in [3.8, 4) is 0 Å². The van der Waals surface area contributed by atoms with Gasteiger partial charge in [0.05, 0.1) is 6.54 Å². The average Bonchev–Trinajstić information content (AvgIpc) is 2.71. The number of carbonyl (C=O) groups excluding carboxylic acids is 2. The van der Waals surface area contributed by atoms with Gasteiger partial charge in [0, 0.05) is 36.8 Å². The standard InChI is InChI=1S/C23H28N2O2/c1-3-23(27)25(20-12-8-5-9-13-20)21-14-15-24(16-18(21)2)17-22(26)19-10-6-4-7-11-19/h4-13,18,21H,3,14-17H2,1-2H3/i23-1. The van der Waals surface area contributed by atoms with E-state index in [4.69, 9.17) is 0 Å². The molecule has 2 aromatic rings. The maximum atomic E-state index is 12.7. The number of hydrogen-bond donors (Lipinski definition) is 0. The Hall–Kier alpha value is -2.46. The van der Waals surface area contributed by atoms with Crippen LogP contribution in [0.2, 0.25) is 0 Å². The minimum absolute atomic E-state index is 0.158. The van der Waals surface area contributed by atoms with Crippen molar-refractivity contribution in [3.63, 3.8) is 0 Å². The smallest absolute Gasteiger partial charge is 0.226 e. The van der Waals surface area contributed by atoms with E-state index >= 15 is 0 Å². The van der Waals surface area contributed by atoms with Crippen molar-refractivity contribution in [2.24, 2.45) is 5.92 Å². The van der Waals surface area contributed by atoms with E-state index in [1.807, 2.05) is 72.5 Å². The molecule has 0 bridgehead atoms. The van der Waals surface area contributed by atoms with E-state index in [1.165, 1.54) is 0 Å². The summed E-state index contributed by atoms with van der Waals surface area (Å²) in [6, 6.07) is 19.6. The minimum Gasteiger partial charge on any atom is -0.309 e. The highest BCUT2D eigenvalue weighted by molar-refractivity contribution is 5.97. The first-order valence-corrected chi connectivity index (χ1v) is 9.78. The number of amides is 1. The highest BCUT2D eigenvalue weighted by Gasteiger charge is 2.34. The summed E-state index contributed by atoms with van der Waals surface area (Å²) < 4.78 is 0. The van der Waals surface area contributed by atoms with Crippen LogP contribution in [0, 0.1) is 5.92 Å². The van der Waals surface area contributed by atoms with Gasteiger partial charge in [-0.1, -0.05) is 62.4 Å². The first-order chi connectivity index (χ1) is 13.1. The molecule has 2 aromatic carbocycles. The molecule has 1 amide bonds. The van der Waals surface area contributed by atoms with Gasteiger partial charge in [-0.15, -0.1) is 0 Å². The van der Waals surface area contributed by atoms with Crippen molar-refractivity contribution >= 4 is 17.4 Å². The molecule has 0 aromatic heterocycles. The zero-order chi connectivity index (χ0) is 19.2. The first-order valence-electron chi connectivity index (χ1n) is 9.78. The Labute approximate surface area is 161 Å². The molecule has 4 nitrogen and oxygen atoms in total. The monoisotopic (exact) mass is 363 g/mol. The molecule has 2 atom stereocenters. The number of nitrogens with zero attached hydrogens (tertiary/aromatic N) is 2. The van der Waals surface area contributed by atoms with Crippen LogP contribution in [0.25, 0.3) is 0 Å². The molecule has 142 valence electrons. The molecule has 0 aliphatic carbocycles. The lowest BCUT2D eigenvalue weighted by molar-refractivity contribution is -0.119. The van der Waals surface area contributed by atoms with Gasteiger partial charge in [0.2, 0.25) is 5.91 Å². The molecule has 0 saturated carbocycles. The largest absolute Gasteiger partial charge is 0.309 e. The summed E-state index contributed by atoms with van der Waals surface area (Å²) in [6.45, 7) is 6.19. The molecule has 0 radical (unpaired) electrons. The van der Waals surface area contributed by atoms with Crippen molar-refractivity contribution in [1.29, 1.82) is 0 Å². The minimum atomic E-state index is 0.158. The van der Waals surface area contributed by atoms with Crippen LogP contribution in [0.15, 0.2) is 60.7 Å². The van der Waals surface area contributed by atoms with Crippen LogP contribution >= 0.6 is 0 Å². The van der Waals surface area contributed by atoms with Gasteiger partial charge in [-0.25, -0.2) is 0 Å². The summed E-state index contributed by atoms with van der Waals surface area (Å²) >= 11 is 0. The molecular formula is C23H28N2O2. The number of benzene rings is 2. The van der Waals surface area contributed by atoms with Crippen molar-refractivity contribution in [2.75, 3.05) is 24.5 Å². The molecule has 3 rings (SSSR count). The Bertz CT molecular complexity index is 760. The Kier molecular flexibility index (Phi) is 6.40. The number of anilines is 1. The zero-order valence-electron chi connectivity index (χ0n) is 16.2. The Morgan fingerprint density at radius 1 is 1.04 bits per heavy atom. The van der Waals surface area contributed by atoms with Crippen LogP contribution in [0.1, 0.15) is 37.0 Å². The van der Waals surface area contributed by atoms with Gasteiger partial charge < -0.3 is 4.90 Å². The Morgan fingerprint density at radius 2 is 1.67 bits per heavy atom. The highest BCUT2D eigenvalue weighted by Crippen LogP contribution is 2.28. The molecule has 1 fully saturated rings. The van der Waals surface area contributed by atoms with Gasteiger partial charge >= 0.3 is 0 Å². The lowest BCUT2D eigenvalue weighted by atomic mass is 9.83. The van der Waals surface area contributed by atoms with Gasteiger partial charge in [-0.2, -0.15) is 0 Å². The normalized spacial score (nSPS) is 20.2. The van der Waals surface area contributed by atoms with Crippen molar-refractivity contribution in [3.05, 3.63) is 66.2 Å².